The number of carbonyl (C=O) groups is 1. The summed E-state index contributed by atoms with van der Waals surface area (Å²) in [6, 6.07) is 7.89. The van der Waals surface area contributed by atoms with E-state index >= 15 is 0 Å². The second kappa shape index (κ2) is 10.7. The predicted octanol–water partition coefficient (Wildman–Crippen LogP) is 3.58. The summed E-state index contributed by atoms with van der Waals surface area (Å²) in [5.41, 5.74) is 4.26. The Hall–Kier alpha value is -2.38. The van der Waals surface area contributed by atoms with E-state index in [1.165, 1.54) is 32.1 Å². The van der Waals surface area contributed by atoms with Crippen molar-refractivity contribution >= 4 is 5.91 Å². The van der Waals surface area contributed by atoms with Crippen molar-refractivity contribution in [2.45, 2.75) is 64.3 Å². The van der Waals surface area contributed by atoms with Crippen molar-refractivity contribution in [2.24, 2.45) is 0 Å². The highest BCUT2D eigenvalue weighted by molar-refractivity contribution is 5.76. The molecule has 1 saturated heterocycles. The number of ether oxygens (including phenoxy) is 2. The fourth-order valence-corrected chi connectivity index (χ4v) is 5.47. The molecule has 2 heterocycles. The van der Waals surface area contributed by atoms with Crippen LogP contribution in [-0.4, -0.2) is 66.1 Å². The predicted molar refractivity (Wildman–Crippen MR) is 129 cm³/mol. The number of aromatic nitrogens is 2. The first-order valence-electron chi connectivity index (χ1n) is 12.3. The molecule has 0 spiro atoms. The fourth-order valence-electron chi connectivity index (χ4n) is 5.47. The number of nitrogens with one attached hydrogen (secondary N) is 1. The zero-order valence-electron chi connectivity index (χ0n) is 20.4. The maximum absolute atomic E-state index is 12.9. The van der Waals surface area contributed by atoms with Crippen LogP contribution < -0.4 is 10.1 Å². The van der Waals surface area contributed by atoms with Gasteiger partial charge in [0.1, 0.15) is 5.75 Å². The van der Waals surface area contributed by atoms with E-state index < -0.39 is 0 Å². The van der Waals surface area contributed by atoms with Crippen molar-refractivity contribution in [1.29, 1.82) is 0 Å². The SMILES string of the molecule is COc1cccc(-n2nc(C)c(CCC(=O)NCC3(N4CCOCC4)CCCCC3)c2C)c1. The van der Waals surface area contributed by atoms with E-state index in [1.54, 1.807) is 7.11 Å². The number of methoxy groups -OCH3 is 1. The molecule has 1 N–H and O–H groups in total. The van der Waals surface area contributed by atoms with Gasteiger partial charge in [-0.2, -0.15) is 5.10 Å². The topological polar surface area (TPSA) is 68.6 Å². The fraction of sp³-hybridized carbons (Fsp3) is 0.615. The third kappa shape index (κ3) is 5.41. The first kappa shape index (κ1) is 23.8. The maximum Gasteiger partial charge on any atom is 0.220 e. The molecule has 1 aliphatic carbocycles. The second-order valence-corrected chi connectivity index (χ2v) is 9.42. The van der Waals surface area contributed by atoms with Crippen LogP contribution in [0.3, 0.4) is 0 Å². The minimum Gasteiger partial charge on any atom is -0.497 e. The molecule has 0 atom stereocenters. The van der Waals surface area contributed by atoms with E-state index in [4.69, 9.17) is 14.6 Å². The number of carbonyl (C=O) groups excluding carboxylic acids is 1. The number of hydrogen-bond donors (Lipinski definition) is 1. The van der Waals surface area contributed by atoms with Gasteiger partial charge in [-0.1, -0.05) is 25.3 Å². The van der Waals surface area contributed by atoms with Crippen LogP contribution in [-0.2, 0) is 16.0 Å². The summed E-state index contributed by atoms with van der Waals surface area (Å²) >= 11 is 0. The van der Waals surface area contributed by atoms with Crippen molar-refractivity contribution in [3.63, 3.8) is 0 Å². The van der Waals surface area contributed by atoms with Gasteiger partial charge in [0.25, 0.3) is 0 Å². The summed E-state index contributed by atoms with van der Waals surface area (Å²) in [5.74, 6) is 0.930. The van der Waals surface area contributed by atoms with Gasteiger partial charge in [-0.15, -0.1) is 0 Å². The largest absolute Gasteiger partial charge is 0.497 e. The number of aryl methyl sites for hydroxylation is 1. The molecule has 1 aliphatic heterocycles. The van der Waals surface area contributed by atoms with Crippen LogP contribution in [0.15, 0.2) is 24.3 Å². The molecule has 33 heavy (non-hydrogen) atoms. The minimum atomic E-state index is 0.0980. The Kier molecular flexibility index (Phi) is 7.71. The molecule has 1 aromatic heterocycles. The highest BCUT2D eigenvalue weighted by Crippen LogP contribution is 2.34. The zero-order valence-corrected chi connectivity index (χ0v) is 20.4. The molecule has 0 radical (unpaired) electrons. The normalized spacial score (nSPS) is 18.8. The highest BCUT2D eigenvalue weighted by Gasteiger charge is 2.38. The van der Waals surface area contributed by atoms with Crippen LogP contribution in [0.4, 0.5) is 0 Å². The molecule has 180 valence electrons. The first-order chi connectivity index (χ1) is 16.0. The third-order valence-electron chi connectivity index (χ3n) is 7.42. The monoisotopic (exact) mass is 454 g/mol. The Balaban J connectivity index is 1.38. The van der Waals surface area contributed by atoms with Gasteiger partial charge in [-0.3, -0.25) is 9.69 Å². The van der Waals surface area contributed by atoms with Crippen molar-refractivity contribution in [3.8, 4) is 11.4 Å². The quantitative estimate of drug-likeness (QED) is 0.660. The summed E-state index contributed by atoms with van der Waals surface area (Å²) < 4.78 is 12.9. The summed E-state index contributed by atoms with van der Waals surface area (Å²) in [6.07, 6.45) is 7.29. The third-order valence-corrected chi connectivity index (χ3v) is 7.42. The Morgan fingerprint density at radius 3 is 2.67 bits per heavy atom. The summed E-state index contributed by atoms with van der Waals surface area (Å²) in [7, 11) is 1.67. The van der Waals surface area contributed by atoms with Gasteiger partial charge >= 0.3 is 0 Å². The van der Waals surface area contributed by atoms with Crippen LogP contribution >= 0.6 is 0 Å². The molecule has 1 aromatic carbocycles. The summed E-state index contributed by atoms with van der Waals surface area (Å²) in [6.45, 7) is 8.37. The lowest BCUT2D eigenvalue weighted by molar-refractivity contribution is -0.122. The van der Waals surface area contributed by atoms with Gasteiger partial charge in [-0.25, -0.2) is 4.68 Å². The molecule has 4 rings (SSSR count). The van der Waals surface area contributed by atoms with Gasteiger partial charge < -0.3 is 14.8 Å². The second-order valence-electron chi connectivity index (χ2n) is 9.42. The Bertz CT molecular complexity index is 943. The molecule has 1 amide bonds. The van der Waals surface area contributed by atoms with E-state index in [0.717, 1.165) is 61.2 Å². The van der Waals surface area contributed by atoms with Crippen molar-refractivity contribution in [3.05, 3.63) is 41.2 Å². The van der Waals surface area contributed by atoms with Crippen LogP contribution in [0.5, 0.6) is 5.75 Å². The maximum atomic E-state index is 12.9. The Labute approximate surface area is 197 Å². The lowest BCUT2D eigenvalue weighted by Crippen LogP contribution is -2.59. The van der Waals surface area contributed by atoms with Gasteiger partial charge in [-0.05, 0) is 50.8 Å². The number of hydrogen-bond acceptors (Lipinski definition) is 5. The lowest BCUT2D eigenvalue weighted by atomic mass is 9.79. The van der Waals surface area contributed by atoms with Crippen LogP contribution in [0, 0.1) is 13.8 Å². The molecule has 7 heteroatoms. The van der Waals surface area contributed by atoms with E-state index in [0.29, 0.717) is 12.8 Å². The molecule has 7 nitrogen and oxygen atoms in total. The van der Waals surface area contributed by atoms with Gasteiger partial charge in [0.15, 0.2) is 0 Å². The number of rotatable bonds is 8. The smallest absolute Gasteiger partial charge is 0.220 e. The zero-order chi connectivity index (χ0) is 23.3. The molecule has 2 aliphatic rings. The number of amides is 1. The summed E-state index contributed by atoms with van der Waals surface area (Å²) in [5, 5.41) is 8.02. The number of nitrogens with zero attached hydrogens (tertiary/aromatic N) is 3. The average Bonchev–Trinajstić information content (AvgIpc) is 3.15. The molecular weight excluding hydrogens is 416 g/mol. The van der Waals surface area contributed by atoms with Gasteiger partial charge in [0.05, 0.1) is 31.7 Å². The molecule has 0 unspecified atom stereocenters. The van der Waals surface area contributed by atoms with Crippen molar-refractivity contribution in [1.82, 2.24) is 20.0 Å². The van der Waals surface area contributed by atoms with E-state index in [-0.39, 0.29) is 11.4 Å². The first-order valence-corrected chi connectivity index (χ1v) is 12.3. The van der Waals surface area contributed by atoms with Crippen LogP contribution in [0.25, 0.3) is 5.69 Å². The van der Waals surface area contributed by atoms with Crippen LogP contribution in [0.2, 0.25) is 0 Å². The summed E-state index contributed by atoms with van der Waals surface area (Å²) in [4.78, 5) is 15.4. The minimum absolute atomic E-state index is 0.0980. The number of morpholine rings is 1. The van der Waals surface area contributed by atoms with Gasteiger partial charge in [0, 0.05) is 43.4 Å². The molecule has 0 bridgehead atoms. The Morgan fingerprint density at radius 1 is 1.18 bits per heavy atom. The average molecular weight is 455 g/mol. The number of benzene rings is 1. The lowest BCUT2D eigenvalue weighted by Gasteiger charge is -2.48. The molecular formula is C26H38N4O3. The molecule has 1 saturated carbocycles. The highest BCUT2D eigenvalue weighted by atomic mass is 16.5. The van der Waals surface area contributed by atoms with Crippen molar-refractivity contribution < 1.29 is 14.3 Å². The van der Waals surface area contributed by atoms with E-state index in [1.807, 2.05) is 35.9 Å². The Morgan fingerprint density at radius 2 is 1.94 bits per heavy atom. The van der Waals surface area contributed by atoms with E-state index in [2.05, 4.69) is 17.1 Å². The van der Waals surface area contributed by atoms with E-state index in [9.17, 15) is 4.79 Å². The standard InChI is InChI=1S/C26H38N4O3/c1-20-24(21(2)30(28-20)22-8-7-9-23(18-22)32-3)10-11-25(31)27-19-26(12-5-4-6-13-26)29-14-16-33-17-15-29/h7-9,18H,4-6,10-17,19H2,1-3H3,(H,27,31). The van der Waals surface area contributed by atoms with Crippen molar-refractivity contribution in [2.75, 3.05) is 40.0 Å². The van der Waals surface area contributed by atoms with Gasteiger partial charge in [0.2, 0.25) is 5.91 Å². The molecule has 2 fully saturated rings. The van der Waals surface area contributed by atoms with Crippen LogP contribution in [0.1, 0.15) is 55.5 Å². The molecule has 2 aromatic rings.